The zero-order valence-corrected chi connectivity index (χ0v) is 6.38. The molecule has 2 heterocycles. The summed E-state index contributed by atoms with van der Waals surface area (Å²) in [5.41, 5.74) is 0. The van der Waals surface area contributed by atoms with Crippen LogP contribution >= 0.6 is 0 Å². The van der Waals surface area contributed by atoms with Crippen molar-refractivity contribution in [3.05, 3.63) is 0 Å². The Balaban J connectivity index is 2.41. The highest BCUT2D eigenvalue weighted by atomic mass is 16.8. The highest BCUT2D eigenvalue weighted by molar-refractivity contribution is 5.81. The fourth-order valence-corrected chi connectivity index (χ4v) is 1.44. The lowest BCUT2D eigenvalue weighted by atomic mass is 10.0. The molecule has 13 heavy (non-hydrogen) atoms. The van der Waals surface area contributed by atoms with E-state index in [0.29, 0.717) is 0 Å². The van der Waals surface area contributed by atoms with Crippen molar-refractivity contribution in [3.63, 3.8) is 0 Å². The lowest BCUT2D eigenvalue weighted by molar-refractivity contribution is -0.329. The van der Waals surface area contributed by atoms with Gasteiger partial charge < -0.3 is 29.9 Å². The van der Waals surface area contributed by atoms with Crippen LogP contribution < -0.4 is 0 Å². The van der Waals surface area contributed by atoms with E-state index < -0.39 is 29.8 Å². The van der Waals surface area contributed by atoms with E-state index in [1.807, 2.05) is 0 Å². The van der Waals surface area contributed by atoms with Gasteiger partial charge in [0, 0.05) is 0 Å². The molecule has 0 saturated carbocycles. The predicted octanol–water partition coefficient (Wildman–Crippen LogP) is -3.33. The molecule has 0 aromatic heterocycles. The Labute approximate surface area is 72.1 Å². The monoisotopic (exact) mass is 192 g/mol. The van der Waals surface area contributed by atoms with Crippen LogP contribution in [0.3, 0.4) is 0 Å². The van der Waals surface area contributed by atoms with Crippen molar-refractivity contribution in [1.29, 1.82) is 0 Å². The summed E-state index contributed by atoms with van der Waals surface area (Å²) >= 11 is 0. The topological polar surface area (TPSA) is 116 Å². The van der Waals surface area contributed by atoms with Crippen molar-refractivity contribution in [2.75, 3.05) is 6.61 Å². The number of aliphatic hydroxyl groups excluding tert-OH is 1. The molecule has 2 fully saturated rings. The third-order valence-corrected chi connectivity index (χ3v) is 2.23. The number of hydrogen-bond acceptors (Lipinski definition) is 7. The summed E-state index contributed by atoms with van der Waals surface area (Å²) in [6.45, 7) is -0.322. The van der Waals surface area contributed by atoms with Gasteiger partial charge in [0.15, 0.2) is 6.10 Å². The van der Waals surface area contributed by atoms with Gasteiger partial charge in [0.2, 0.25) is 0 Å². The number of carbonyl (C=O) groups is 1. The van der Waals surface area contributed by atoms with E-state index in [-0.39, 0.29) is 6.61 Å². The molecule has 74 valence electrons. The second-order valence-corrected chi connectivity index (χ2v) is 3.07. The van der Waals surface area contributed by atoms with Crippen LogP contribution in [0.4, 0.5) is 0 Å². The minimum Gasteiger partial charge on any atom is -0.449 e. The summed E-state index contributed by atoms with van der Waals surface area (Å²) < 4.78 is 8.87. The second-order valence-electron chi connectivity index (χ2n) is 3.07. The van der Waals surface area contributed by atoms with Crippen molar-refractivity contribution in [1.82, 2.24) is 0 Å². The Morgan fingerprint density at radius 3 is 2.54 bits per heavy atom. The van der Waals surface area contributed by atoms with Crippen molar-refractivity contribution >= 4 is 5.97 Å². The zero-order chi connectivity index (χ0) is 9.85. The summed E-state index contributed by atoms with van der Waals surface area (Å²) in [6, 6.07) is 0. The molecule has 0 aliphatic carbocycles. The first kappa shape index (κ1) is 8.85. The number of rotatable bonds is 0. The Morgan fingerprint density at radius 2 is 2.00 bits per heavy atom. The number of fused-ring (bicyclic) bond motifs is 1. The quantitative estimate of drug-likeness (QED) is 0.234. The maximum atomic E-state index is 10.8. The average Bonchev–Trinajstić information content (AvgIpc) is 2.40. The lowest BCUT2D eigenvalue weighted by Gasteiger charge is -2.26. The standard InChI is InChI=1S/C6H8O7/c7-2-1-12-6(11)3(2)13-4(8)5(6,9)10/h2-3,7,9-11H,1H2. The summed E-state index contributed by atoms with van der Waals surface area (Å²) in [4.78, 5) is 10.8. The minimum absolute atomic E-state index is 0.322. The summed E-state index contributed by atoms with van der Waals surface area (Å²) in [7, 11) is 0. The molecule has 0 bridgehead atoms. The Bertz CT molecular complexity index is 262. The SMILES string of the molecule is O=C1OC2C(O)COC2(O)C1(O)O. The molecule has 7 heteroatoms. The van der Waals surface area contributed by atoms with Crippen LogP contribution in [0.1, 0.15) is 0 Å². The molecular weight excluding hydrogens is 184 g/mol. The molecule has 2 saturated heterocycles. The first-order valence-corrected chi connectivity index (χ1v) is 3.60. The summed E-state index contributed by atoms with van der Waals surface area (Å²) in [5.74, 6) is -7.11. The Kier molecular flexibility index (Phi) is 1.49. The molecule has 3 unspecified atom stereocenters. The van der Waals surface area contributed by atoms with Gasteiger partial charge in [0.25, 0.3) is 5.79 Å². The van der Waals surface area contributed by atoms with Gasteiger partial charge in [-0.15, -0.1) is 0 Å². The van der Waals surface area contributed by atoms with Gasteiger partial charge in [-0.3, -0.25) is 0 Å². The fourth-order valence-electron chi connectivity index (χ4n) is 1.44. The van der Waals surface area contributed by atoms with Crippen LogP contribution in [-0.2, 0) is 14.3 Å². The van der Waals surface area contributed by atoms with Gasteiger partial charge in [-0.1, -0.05) is 0 Å². The molecule has 4 N–H and O–H groups in total. The molecule has 0 aromatic rings. The number of esters is 1. The van der Waals surface area contributed by atoms with Gasteiger partial charge in [-0.05, 0) is 0 Å². The van der Waals surface area contributed by atoms with E-state index in [0.717, 1.165) is 0 Å². The van der Waals surface area contributed by atoms with Gasteiger partial charge in [0.05, 0.1) is 6.61 Å². The van der Waals surface area contributed by atoms with Crippen LogP contribution in [0.5, 0.6) is 0 Å². The van der Waals surface area contributed by atoms with E-state index in [9.17, 15) is 9.90 Å². The first-order valence-electron chi connectivity index (χ1n) is 3.60. The molecule has 2 aliphatic rings. The van der Waals surface area contributed by atoms with Crippen LogP contribution in [0.2, 0.25) is 0 Å². The third-order valence-electron chi connectivity index (χ3n) is 2.23. The number of ether oxygens (including phenoxy) is 2. The second kappa shape index (κ2) is 2.20. The fraction of sp³-hybridized carbons (Fsp3) is 0.833. The maximum absolute atomic E-state index is 10.8. The molecular formula is C6H8O7. The van der Waals surface area contributed by atoms with E-state index in [1.54, 1.807) is 0 Å². The highest BCUT2D eigenvalue weighted by Crippen LogP contribution is 2.41. The predicted molar refractivity (Wildman–Crippen MR) is 34.0 cm³/mol. The minimum atomic E-state index is -3.12. The lowest BCUT2D eigenvalue weighted by Crippen LogP contribution is -2.57. The number of hydrogen-bond donors (Lipinski definition) is 4. The van der Waals surface area contributed by atoms with Crippen molar-refractivity contribution < 1.29 is 34.7 Å². The largest absolute Gasteiger partial charge is 0.449 e. The molecule has 7 nitrogen and oxygen atoms in total. The van der Waals surface area contributed by atoms with Crippen LogP contribution in [0.15, 0.2) is 0 Å². The van der Waals surface area contributed by atoms with Crippen LogP contribution in [-0.4, -0.2) is 56.8 Å². The van der Waals surface area contributed by atoms with Crippen LogP contribution in [0, 0.1) is 0 Å². The first-order chi connectivity index (χ1) is 5.89. The van der Waals surface area contributed by atoms with Gasteiger partial charge in [0.1, 0.15) is 6.10 Å². The van der Waals surface area contributed by atoms with Crippen molar-refractivity contribution in [2.45, 2.75) is 23.8 Å². The number of aliphatic hydroxyl groups is 4. The van der Waals surface area contributed by atoms with Gasteiger partial charge >= 0.3 is 11.8 Å². The van der Waals surface area contributed by atoms with E-state index in [1.165, 1.54) is 0 Å². The van der Waals surface area contributed by atoms with E-state index >= 15 is 0 Å². The van der Waals surface area contributed by atoms with E-state index in [4.69, 9.17) is 15.3 Å². The summed E-state index contributed by atoms with van der Waals surface area (Å²) in [5, 5.41) is 36.8. The maximum Gasteiger partial charge on any atom is 0.373 e. The van der Waals surface area contributed by atoms with Gasteiger partial charge in [-0.25, -0.2) is 4.79 Å². The Morgan fingerprint density at radius 1 is 1.38 bits per heavy atom. The average molecular weight is 192 g/mol. The highest BCUT2D eigenvalue weighted by Gasteiger charge is 2.73. The summed E-state index contributed by atoms with van der Waals surface area (Å²) in [6.07, 6.45) is -2.70. The molecule has 2 aliphatic heterocycles. The number of carbonyl (C=O) groups excluding carboxylic acids is 1. The Hall–Kier alpha value is -0.730. The van der Waals surface area contributed by atoms with Gasteiger partial charge in [-0.2, -0.15) is 0 Å². The van der Waals surface area contributed by atoms with Crippen molar-refractivity contribution in [2.24, 2.45) is 0 Å². The molecule has 3 atom stereocenters. The molecule has 0 aromatic carbocycles. The van der Waals surface area contributed by atoms with Crippen molar-refractivity contribution in [3.8, 4) is 0 Å². The normalized spacial score (nSPS) is 47.5. The van der Waals surface area contributed by atoms with Crippen LogP contribution in [0.25, 0.3) is 0 Å². The third kappa shape index (κ3) is 0.825. The van der Waals surface area contributed by atoms with E-state index in [2.05, 4.69) is 9.47 Å². The molecule has 0 radical (unpaired) electrons. The molecule has 2 rings (SSSR count). The zero-order valence-electron chi connectivity index (χ0n) is 6.38. The molecule has 0 spiro atoms. The molecule has 0 amide bonds. The smallest absolute Gasteiger partial charge is 0.373 e.